The van der Waals surface area contributed by atoms with Crippen LogP contribution in [0.5, 0.6) is 0 Å². The highest BCUT2D eigenvalue weighted by atomic mass is 32.1. The molecule has 5 nitrogen and oxygen atoms in total. The third kappa shape index (κ3) is 4.03. The molecule has 0 aliphatic carbocycles. The normalized spacial score (nSPS) is 11.1. The smallest absolute Gasteiger partial charge is 0.230 e. The maximum Gasteiger partial charge on any atom is 0.230 e. The molecule has 0 unspecified atom stereocenters. The van der Waals surface area contributed by atoms with E-state index >= 15 is 0 Å². The van der Waals surface area contributed by atoms with Crippen molar-refractivity contribution >= 4 is 39.9 Å². The monoisotopic (exact) mass is 384 g/mol. The predicted octanol–water partition coefficient (Wildman–Crippen LogP) is 5.07. The van der Waals surface area contributed by atoms with Crippen molar-refractivity contribution in [3.63, 3.8) is 0 Å². The first-order valence-corrected chi connectivity index (χ1v) is 9.05. The van der Waals surface area contributed by atoms with Gasteiger partial charge >= 0.3 is 0 Å². The van der Waals surface area contributed by atoms with Crippen molar-refractivity contribution in [2.75, 3.05) is 4.90 Å². The summed E-state index contributed by atoms with van der Waals surface area (Å²) in [4.78, 5) is 29.9. The summed E-state index contributed by atoms with van der Waals surface area (Å²) in [5.41, 5.74) is 1.13. The lowest BCUT2D eigenvalue weighted by Crippen LogP contribution is -2.23. The van der Waals surface area contributed by atoms with Crippen LogP contribution < -0.4 is 4.90 Å². The number of hydrogen-bond acceptors (Lipinski definition) is 5. The molecule has 0 atom stereocenters. The van der Waals surface area contributed by atoms with Gasteiger partial charge in [-0.3, -0.25) is 14.5 Å². The average Bonchev–Trinajstić information content (AvgIpc) is 3.20. The van der Waals surface area contributed by atoms with E-state index in [0.717, 1.165) is 0 Å². The second kappa shape index (κ2) is 7.67. The highest BCUT2D eigenvalue weighted by Crippen LogP contribution is 2.31. The molecule has 3 rings (SSSR count). The van der Waals surface area contributed by atoms with Crippen LogP contribution in [-0.4, -0.2) is 16.7 Å². The number of hydrogen-bond donors (Lipinski definition) is 0. The third-order valence-corrected chi connectivity index (χ3v) is 4.67. The summed E-state index contributed by atoms with van der Waals surface area (Å²) < 4.78 is 19.5. The van der Waals surface area contributed by atoms with Gasteiger partial charge in [0.1, 0.15) is 17.3 Å². The Morgan fingerprint density at radius 3 is 2.63 bits per heavy atom. The Morgan fingerprint density at radius 1 is 1.26 bits per heavy atom. The van der Waals surface area contributed by atoms with Crippen LogP contribution in [0.1, 0.15) is 34.5 Å². The van der Waals surface area contributed by atoms with Crippen LogP contribution in [-0.2, 0) is 4.79 Å². The van der Waals surface area contributed by atoms with Crippen LogP contribution >= 0.6 is 11.3 Å². The van der Waals surface area contributed by atoms with Crippen LogP contribution in [0.25, 0.3) is 6.08 Å². The summed E-state index contributed by atoms with van der Waals surface area (Å²) in [6, 6.07) is 7.69. The molecule has 0 spiro atoms. The first-order valence-electron chi connectivity index (χ1n) is 8.17. The Bertz CT molecular complexity index is 1040. The number of thiazole rings is 1. The van der Waals surface area contributed by atoms with Gasteiger partial charge in [-0.05, 0) is 44.2 Å². The van der Waals surface area contributed by atoms with Gasteiger partial charge in [0.2, 0.25) is 5.91 Å². The summed E-state index contributed by atoms with van der Waals surface area (Å²) in [5, 5.41) is 2.03. The molecule has 27 heavy (non-hydrogen) atoms. The molecular weight excluding hydrogens is 367 g/mol. The van der Waals surface area contributed by atoms with Crippen molar-refractivity contribution in [1.29, 1.82) is 0 Å². The van der Waals surface area contributed by atoms with Gasteiger partial charge in [-0.2, -0.15) is 0 Å². The highest BCUT2D eigenvalue weighted by Gasteiger charge is 2.20. The van der Waals surface area contributed by atoms with E-state index in [2.05, 4.69) is 4.98 Å². The summed E-state index contributed by atoms with van der Waals surface area (Å²) in [5.74, 6) is 0.161. The highest BCUT2D eigenvalue weighted by molar-refractivity contribution is 7.14. The number of aromatic nitrogens is 1. The Labute approximate surface area is 159 Å². The summed E-state index contributed by atoms with van der Waals surface area (Å²) in [7, 11) is 0. The first kappa shape index (κ1) is 18.7. The number of ketones is 1. The lowest BCUT2D eigenvalue weighted by molar-refractivity contribution is -0.115. The van der Waals surface area contributed by atoms with Crippen LogP contribution in [0.15, 0.2) is 46.2 Å². The lowest BCUT2D eigenvalue weighted by atomic mass is 10.1. The van der Waals surface area contributed by atoms with Crippen LogP contribution in [0.4, 0.5) is 15.2 Å². The second-order valence-corrected chi connectivity index (χ2v) is 6.72. The zero-order valence-corrected chi connectivity index (χ0v) is 15.8. The Balaban J connectivity index is 1.85. The standard InChI is InChI=1S/C20H17FN2O3S/c1-12-10-16(13(2)26-12)19(25)9-8-15-11-27-20(22-15)23(14(3)24)18-7-5-4-6-17(18)21/h4-11H,1-3H3/b9-8+. The minimum Gasteiger partial charge on any atom is -0.466 e. The van der Waals surface area contributed by atoms with Gasteiger partial charge in [-0.15, -0.1) is 11.3 Å². The maximum atomic E-state index is 14.1. The van der Waals surface area contributed by atoms with Gasteiger partial charge in [0, 0.05) is 12.3 Å². The molecule has 2 heterocycles. The molecule has 1 aromatic carbocycles. The molecule has 0 saturated heterocycles. The largest absolute Gasteiger partial charge is 0.466 e. The fraction of sp³-hybridized carbons (Fsp3) is 0.150. The SMILES string of the molecule is CC(=O)N(c1nc(/C=C/C(=O)c2cc(C)oc2C)cs1)c1ccccc1F. The van der Waals surface area contributed by atoms with Gasteiger partial charge in [0.15, 0.2) is 10.9 Å². The van der Waals surface area contributed by atoms with Crippen molar-refractivity contribution in [3.8, 4) is 0 Å². The van der Waals surface area contributed by atoms with Crippen LogP contribution in [0.3, 0.4) is 0 Å². The Hall–Kier alpha value is -3.06. The zero-order valence-electron chi connectivity index (χ0n) is 15.0. The number of rotatable bonds is 5. The number of nitrogens with zero attached hydrogens (tertiary/aromatic N) is 2. The van der Waals surface area contributed by atoms with Gasteiger partial charge < -0.3 is 4.42 Å². The van der Waals surface area contributed by atoms with Gasteiger partial charge in [0.25, 0.3) is 0 Å². The van der Waals surface area contributed by atoms with Gasteiger partial charge in [-0.25, -0.2) is 9.37 Å². The van der Waals surface area contributed by atoms with E-state index in [-0.39, 0.29) is 17.4 Å². The minimum absolute atomic E-state index is 0.135. The molecule has 0 aliphatic rings. The summed E-state index contributed by atoms with van der Waals surface area (Å²) in [6.45, 7) is 4.85. The maximum absolute atomic E-state index is 14.1. The number of furan rings is 1. The molecule has 0 N–H and O–H groups in total. The predicted molar refractivity (Wildman–Crippen MR) is 103 cm³/mol. The summed E-state index contributed by atoms with van der Waals surface area (Å²) in [6.07, 6.45) is 2.96. The molecule has 0 fully saturated rings. The number of anilines is 2. The number of carbonyl (C=O) groups excluding carboxylic acids is 2. The molecule has 138 valence electrons. The van der Waals surface area contributed by atoms with E-state index < -0.39 is 5.82 Å². The fourth-order valence-corrected chi connectivity index (χ4v) is 3.47. The molecular formula is C20H17FN2O3S. The molecule has 3 aromatic rings. The van der Waals surface area contributed by atoms with Crippen molar-refractivity contribution < 1.29 is 18.4 Å². The van der Waals surface area contributed by atoms with Crippen molar-refractivity contribution in [2.24, 2.45) is 0 Å². The van der Waals surface area contributed by atoms with Crippen molar-refractivity contribution in [3.05, 3.63) is 70.4 Å². The summed E-state index contributed by atoms with van der Waals surface area (Å²) >= 11 is 1.19. The number of para-hydroxylation sites is 1. The molecule has 2 aromatic heterocycles. The van der Waals surface area contributed by atoms with E-state index in [1.807, 2.05) is 0 Å². The molecule has 0 bridgehead atoms. The first-order chi connectivity index (χ1) is 12.9. The van der Waals surface area contributed by atoms with Crippen molar-refractivity contribution in [1.82, 2.24) is 4.98 Å². The number of benzene rings is 1. The molecule has 7 heteroatoms. The van der Waals surface area contributed by atoms with E-state index in [1.54, 1.807) is 43.5 Å². The quantitative estimate of drug-likeness (QED) is 0.455. The van der Waals surface area contributed by atoms with E-state index in [4.69, 9.17) is 4.42 Å². The van der Waals surface area contributed by atoms with Gasteiger partial charge in [-0.1, -0.05) is 12.1 Å². The Kier molecular flexibility index (Phi) is 5.32. The number of halogens is 1. The average molecular weight is 384 g/mol. The van der Waals surface area contributed by atoms with E-state index in [9.17, 15) is 14.0 Å². The molecule has 0 saturated carbocycles. The molecule has 0 aliphatic heterocycles. The Morgan fingerprint density at radius 2 is 2.00 bits per heavy atom. The zero-order chi connectivity index (χ0) is 19.6. The number of carbonyl (C=O) groups is 2. The van der Waals surface area contributed by atoms with Crippen LogP contribution in [0.2, 0.25) is 0 Å². The topological polar surface area (TPSA) is 63.4 Å². The minimum atomic E-state index is -0.513. The van der Waals surface area contributed by atoms with Gasteiger partial charge in [0.05, 0.1) is 16.9 Å². The molecule has 0 radical (unpaired) electrons. The number of allylic oxidation sites excluding steroid dienone is 1. The third-order valence-electron chi connectivity index (χ3n) is 3.82. The second-order valence-electron chi connectivity index (χ2n) is 5.89. The number of amides is 1. The van der Waals surface area contributed by atoms with E-state index in [1.165, 1.54) is 41.4 Å². The van der Waals surface area contributed by atoms with Crippen molar-refractivity contribution in [2.45, 2.75) is 20.8 Å². The van der Waals surface area contributed by atoms with Crippen LogP contribution in [0, 0.1) is 19.7 Å². The lowest BCUT2D eigenvalue weighted by Gasteiger charge is -2.18. The fourth-order valence-electron chi connectivity index (χ4n) is 2.62. The number of aryl methyl sites for hydroxylation is 2. The molecule has 1 amide bonds. The van der Waals surface area contributed by atoms with E-state index in [0.29, 0.717) is 27.9 Å².